The average Bonchev–Trinajstić information content (AvgIpc) is 2.33. The standard InChI is InChI=1S/C15H16FN/c1-17(11-13-5-3-2-4-6-13)12-14-7-9-15(16)10-8-14/h2-10H,11-12H2,1H3. The first-order chi connectivity index (χ1) is 8.24. The van der Waals surface area contributed by atoms with Gasteiger partial charge in [0.15, 0.2) is 0 Å². The molecule has 0 atom stereocenters. The van der Waals surface area contributed by atoms with E-state index >= 15 is 0 Å². The van der Waals surface area contributed by atoms with Gasteiger partial charge in [-0.2, -0.15) is 0 Å². The molecule has 17 heavy (non-hydrogen) atoms. The van der Waals surface area contributed by atoms with Gasteiger partial charge in [0, 0.05) is 13.1 Å². The van der Waals surface area contributed by atoms with Crippen LogP contribution in [0.15, 0.2) is 54.6 Å². The van der Waals surface area contributed by atoms with Crippen LogP contribution in [0.5, 0.6) is 0 Å². The van der Waals surface area contributed by atoms with Gasteiger partial charge in [0.25, 0.3) is 0 Å². The van der Waals surface area contributed by atoms with Crippen LogP contribution in [0.3, 0.4) is 0 Å². The second-order valence-electron chi connectivity index (χ2n) is 4.28. The lowest BCUT2D eigenvalue weighted by Gasteiger charge is -2.16. The van der Waals surface area contributed by atoms with Crippen LogP contribution < -0.4 is 0 Å². The molecule has 1 nitrogen and oxygen atoms in total. The number of nitrogens with zero attached hydrogens (tertiary/aromatic N) is 1. The van der Waals surface area contributed by atoms with Crippen molar-refractivity contribution in [2.75, 3.05) is 7.05 Å². The van der Waals surface area contributed by atoms with Gasteiger partial charge in [0.05, 0.1) is 0 Å². The van der Waals surface area contributed by atoms with Crippen LogP contribution in [0.25, 0.3) is 0 Å². The average molecular weight is 229 g/mol. The lowest BCUT2D eigenvalue weighted by atomic mass is 10.2. The fourth-order valence-electron chi connectivity index (χ4n) is 1.85. The molecule has 88 valence electrons. The molecule has 0 fully saturated rings. The van der Waals surface area contributed by atoms with Gasteiger partial charge in [-0.05, 0) is 30.3 Å². The Bertz CT molecular complexity index is 450. The summed E-state index contributed by atoms with van der Waals surface area (Å²) in [7, 11) is 2.07. The summed E-state index contributed by atoms with van der Waals surface area (Å²) in [5, 5.41) is 0. The first kappa shape index (κ1) is 11.8. The molecular weight excluding hydrogens is 213 g/mol. The van der Waals surface area contributed by atoms with Gasteiger partial charge in [-0.25, -0.2) is 4.39 Å². The highest BCUT2D eigenvalue weighted by Gasteiger charge is 2.01. The molecule has 2 rings (SSSR count). The fourth-order valence-corrected chi connectivity index (χ4v) is 1.85. The molecule has 0 unspecified atom stereocenters. The molecule has 0 radical (unpaired) electrons. The predicted octanol–water partition coefficient (Wildman–Crippen LogP) is 3.46. The fraction of sp³-hybridized carbons (Fsp3) is 0.200. The second-order valence-corrected chi connectivity index (χ2v) is 4.28. The van der Waals surface area contributed by atoms with E-state index in [0.717, 1.165) is 18.7 Å². The third-order valence-corrected chi connectivity index (χ3v) is 2.66. The second kappa shape index (κ2) is 5.60. The molecule has 2 aromatic rings. The van der Waals surface area contributed by atoms with E-state index in [9.17, 15) is 4.39 Å². The van der Waals surface area contributed by atoms with Crippen molar-refractivity contribution in [3.8, 4) is 0 Å². The summed E-state index contributed by atoms with van der Waals surface area (Å²) in [5.74, 6) is -0.181. The van der Waals surface area contributed by atoms with Gasteiger partial charge in [-0.1, -0.05) is 42.5 Å². The Labute approximate surface area is 102 Å². The normalized spacial score (nSPS) is 10.8. The Morgan fingerprint density at radius 1 is 0.824 bits per heavy atom. The molecule has 0 heterocycles. The lowest BCUT2D eigenvalue weighted by Crippen LogP contribution is -2.17. The van der Waals surface area contributed by atoms with Crippen LogP contribution in [-0.2, 0) is 13.1 Å². The van der Waals surface area contributed by atoms with E-state index in [1.54, 1.807) is 0 Å². The van der Waals surface area contributed by atoms with Crippen LogP contribution in [0.2, 0.25) is 0 Å². The Morgan fingerprint density at radius 3 is 1.94 bits per heavy atom. The Balaban J connectivity index is 1.93. The van der Waals surface area contributed by atoms with Crippen LogP contribution in [0.4, 0.5) is 4.39 Å². The van der Waals surface area contributed by atoms with E-state index in [1.165, 1.54) is 17.7 Å². The summed E-state index contributed by atoms with van der Waals surface area (Å²) >= 11 is 0. The predicted molar refractivity (Wildman–Crippen MR) is 68.0 cm³/mol. The summed E-state index contributed by atoms with van der Waals surface area (Å²) in [5.41, 5.74) is 2.42. The molecule has 0 N–H and O–H groups in total. The Morgan fingerprint density at radius 2 is 1.35 bits per heavy atom. The maximum Gasteiger partial charge on any atom is 0.123 e. The summed E-state index contributed by atoms with van der Waals surface area (Å²) < 4.78 is 12.8. The molecule has 0 aliphatic carbocycles. The zero-order valence-corrected chi connectivity index (χ0v) is 9.94. The molecular formula is C15H16FN. The number of hydrogen-bond donors (Lipinski definition) is 0. The van der Waals surface area contributed by atoms with Crippen molar-refractivity contribution in [2.24, 2.45) is 0 Å². The first-order valence-electron chi connectivity index (χ1n) is 5.71. The molecule has 0 saturated carbocycles. The van der Waals surface area contributed by atoms with Gasteiger partial charge in [0.2, 0.25) is 0 Å². The minimum Gasteiger partial charge on any atom is -0.298 e. The summed E-state index contributed by atoms with van der Waals surface area (Å²) in [6, 6.07) is 17.0. The summed E-state index contributed by atoms with van der Waals surface area (Å²) in [6.07, 6.45) is 0. The van der Waals surface area contributed by atoms with Crippen LogP contribution in [0, 0.1) is 5.82 Å². The van der Waals surface area contributed by atoms with E-state index in [1.807, 2.05) is 30.3 Å². The lowest BCUT2D eigenvalue weighted by molar-refractivity contribution is 0.319. The van der Waals surface area contributed by atoms with Crippen LogP contribution >= 0.6 is 0 Å². The summed E-state index contributed by atoms with van der Waals surface area (Å²) in [4.78, 5) is 2.21. The molecule has 2 aromatic carbocycles. The minimum absolute atomic E-state index is 0.181. The summed E-state index contributed by atoms with van der Waals surface area (Å²) in [6.45, 7) is 1.73. The SMILES string of the molecule is CN(Cc1ccccc1)Cc1ccc(F)cc1. The van der Waals surface area contributed by atoms with Gasteiger partial charge < -0.3 is 0 Å². The van der Waals surface area contributed by atoms with Crippen molar-refractivity contribution in [3.05, 3.63) is 71.5 Å². The maximum atomic E-state index is 12.8. The highest BCUT2D eigenvalue weighted by molar-refractivity contribution is 5.17. The zero-order valence-electron chi connectivity index (χ0n) is 9.94. The monoisotopic (exact) mass is 229 g/mol. The van der Waals surface area contributed by atoms with Crippen LogP contribution in [0.1, 0.15) is 11.1 Å². The van der Waals surface area contributed by atoms with E-state index in [0.29, 0.717) is 0 Å². The molecule has 0 spiro atoms. The topological polar surface area (TPSA) is 3.24 Å². The maximum absolute atomic E-state index is 12.8. The Kier molecular flexibility index (Phi) is 3.89. The number of benzene rings is 2. The highest BCUT2D eigenvalue weighted by Crippen LogP contribution is 2.08. The van der Waals surface area contributed by atoms with Gasteiger partial charge in [-0.3, -0.25) is 4.90 Å². The molecule has 0 aliphatic heterocycles. The highest BCUT2D eigenvalue weighted by atomic mass is 19.1. The smallest absolute Gasteiger partial charge is 0.123 e. The molecule has 0 aliphatic rings. The number of halogens is 1. The molecule has 0 aromatic heterocycles. The van der Waals surface area contributed by atoms with E-state index < -0.39 is 0 Å². The van der Waals surface area contributed by atoms with Crippen molar-refractivity contribution in [3.63, 3.8) is 0 Å². The third kappa shape index (κ3) is 3.68. The quantitative estimate of drug-likeness (QED) is 0.776. The first-order valence-corrected chi connectivity index (χ1v) is 5.71. The van der Waals surface area contributed by atoms with E-state index in [4.69, 9.17) is 0 Å². The third-order valence-electron chi connectivity index (χ3n) is 2.66. The van der Waals surface area contributed by atoms with E-state index in [-0.39, 0.29) is 5.82 Å². The van der Waals surface area contributed by atoms with Gasteiger partial charge >= 0.3 is 0 Å². The van der Waals surface area contributed by atoms with E-state index in [2.05, 4.69) is 24.1 Å². The molecule has 0 saturated heterocycles. The zero-order chi connectivity index (χ0) is 12.1. The minimum atomic E-state index is -0.181. The van der Waals surface area contributed by atoms with Gasteiger partial charge in [-0.15, -0.1) is 0 Å². The van der Waals surface area contributed by atoms with Crippen molar-refractivity contribution in [1.82, 2.24) is 4.90 Å². The molecule has 0 bridgehead atoms. The van der Waals surface area contributed by atoms with Crippen molar-refractivity contribution in [2.45, 2.75) is 13.1 Å². The van der Waals surface area contributed by atoms with Crippen molar-refractivity contribution < 1.29 is 4.39 Å². The molecule has 2 heteroatoms. The molecule has 0 amide bonds. The van der Waals surface area contributed by atoms with Crippen LogP contribution in [-0.4, -0.2) is 11.9 Å². The Hall–Kier alpha value is -1.67. The number of rotatable bonds is 4. The van der Waals surface area contributed by atoms with Crippen molar-refractivity contribution in [1.29, 1.82) is 0 Å². The number of hydrogen-bond acceptors (Lipinski definition) is 1. The van der Waals surface area contributed by atoms with Crippen molar-refractivity contribution >= 4 is 0 Å². The largest absolute Gasteiger partial charge is 0.298 e. The van der Waals surface area contributed by atoms with Gasteiger partial charge in [0.1, 0.15) is 5.82 Å².